The Balaban J connectivity index is 0.925. The summed E-state index contributed by atoms with van der Waals surface area (Å²) < 4.78 is 11.1. The molecule has 8 nitrogen and oxygen atoms in total. The molecule has 0 fully saturated rings. The lowest BCUT2D eigenvalue weighted by molar-refractivity contribution is -0.120. The summed E-state index contributed by atoms with van der Waals surface area (Å²) in [7, 11) is 0. The molecule has 2 aliphatic carbocycles. The summed E-state index contributed by atoms with van der Waals surface area (Å²) in [5.74, 6) is -0.722. The number of amides is 3. The van der Waals surface area contributed by atoms with Gasteiger partial charge in [-0.1, -0.05) is 97.1 Å². The van der Waals surface area contributed by atoms with Gasteiger partial charge >= 0.3 is 12.2 Å². The summed E-state index contributed by atoms with van der Waals surface area (Å²) in [5, 5.41) is 5.38. The third-order valence-corrected chi connectivity index (χ3v) is 8.51. The molecule has 1 atom stereocenters. The van der Waals surface area contributed by atoms with Crippen LogP contribution in [0.5, 0.6) is 0 Å². The monoisotopic (exact) mass is 589 g/mol. The molecule has 0 aromatic heterocycles. The van der Waals surface area contributed by atoms with E-state index in [2.05, 4.69) is 47.0 Å². The van der Waals surface area contributed by atoms with Gasteiger partial charge in [-0.25, -0.2) is 9.59 Å². The Morgan fingerprint density at radius 3 is 1.45 bits per heavy atom. The SMILES string of the molecule is NC(=O)[C@H](CCCCNC(=O)OCC1c2ccccc2-c2ccccc21)NC(=O)OCC1c2ccccc2-c2ccccc21. The van der Waals surface area contributed by atoms with Crippen LogP contribution in [-0.2, 0) is 14.3 Å². The quantitative estimate of drug-likeness (QED) is 0.183. The second kappa shape index (κ2) is 13.0. The van der Waals surface area contributed by atoms with Crippen molar-refractivity contribution in [2.45, 2.75) is 37.1 Å². The highest BCUT2D eigenvalue weighted by atomic mass is 16.6. The predicted octanol–water partition coefficient (Wildman–Crippen LogP) is 6.09. The number of primary amides is 1. The molecule has 0 unspecified atom stereocenters. The van der Waals surface area contributed by atoms with Gasteiger partial charge in [0.2, 0.25) is 5.91 Å². The molecule has 6 rings (SSSR count). The fourth-order valence-corrected chi connectivity index (χ4v) is 6.38. The van der Waals surface area contributed by atoms with Gasteiger partial charge in [-0.3, -0.25) is 4.79 Å². The molecule has 2 aliphatic rings. The normalized spacial score (nSPS) is 13.6. The van der Waals surface area contributed by atoms with Gasteiger partial charge in [0.15, 0.2) is 0 Å². The van der Waals surface area contributed by atoms with Gasteiger partial charge < -0.3 is 25.8 Å². The molecule has 224 valence electrons. The van der Waals surface area contributed by atoms with Crippen molar-refractivity contribution in [3.8, 4) is 22.3 Å². The van der Waals surface area contributed by atoms with Crippen LogP contribution in [0.3, 0.4) is 0 Å². The molecule has 4 aromatic rings. The number of carbonyl (C=O) groups excluding carboxylic acids is 3. The molecule has 3 amide bonds. The molecule has 0 spiro atoms. The second-order valence-corrected chi connectivity index (χ2v) is 11.2. The third kappa shape index (κ3) is 6.01. The lowest BCUT2D eigenvalue weighted by Crippen LogP contribution is -2.45. The number of hydrogen-bond acceptors (Lipinski definition) is 5. The van der Waals surface area contributed by atoms with E-state index in [1.54, 1.807) is 0 Å². The lowest BCUT2D eigenvalue weighted by Gasteiger charge is -2.18. The number of nitrogens with two attached hydrogens (primary N) is 1. The first kappa shape index (κ1) is 29.0. The van der Waals surface area contributed by atoms with Crippen LogP contribution >= 0.6 is 0 Å². The highest BCUT2D eigenvalue weighted by molar-refractivity contribution is 5.84. The van der Waals surface area contributed by atoms with Crippen LogP contribution in [0, 0.1) is 0 Å². The van der Waals surface area contributed by atoms with Crippen molar-refractivity contribution in [2.75, 3.05) is 19.8 Å². The number of hydrogen-bond donors (Lipinski definition) is 3. The molecule has 0 radical (unpaired) electrons. The topological polar surface area (TPSA) is 120 Å². The molecule has 0 saturated carbocycles. The number of ether oxygens (including phenoxy) is 2. The average molecular weight is 590 g/mol. The van der Waals surface area contributed by atoms with Crippen molar-refractivity contribution in [3.05, 3.63) is 119 Å². The maximum Gasteiger partial charge on any atom is 0.407 e. The molecular weight excluding hydrogens is 554 g/mol. The standard InChI is InChI=1S/C36H35N3O5/c37-34(40)33(39-36(42)44-22-32-29-17-7-3-13-25(29)26-14-4-8-18-30(26)32)19-9-10-20-38-35(41)43-21-31-27-15-5-1-11-23(27)24-12-2-6-16-28(24)31/h1-8,11-18,31-33H,9-10,19-22H2,(H2,37,40)(H,38,41)(H,39,42)/t33-/m0/s1. The number of unbranched alkanes of at least 4 members (excludes halogenated alkanes) is 1. The van der Waals surface area contributed by atoms with Crippen molar-refractivity contribution in [2.24, 2.45) is 5.73 Å². The van der Waals surface area contributed by atoms with Crippen LogP contribution in [0.4, 0.5) is 9.59 Å². The Labute approximate surface area is 256 Å². The Morgan fingerprint density at radius 2 is 1.02 bits per heavy atom. The molecule has 0 saturated heterocycles. The summed E-state index contributed by atoms with van der Waals surface area (Å²) in [4.78, 5) is 37.1. The van der Waals surface area contributed by atoms with Gasteiger partial charge in [-0.2, -0.15) is 0 Å². The van der Waals surface area contributed by atoms with Crippen LogP contribution in [0.25, 0.3) is 22.3 Å². The lowest BCUT2D eigenvalue weighted by atomic mass is 9.98. The number of nitrogens with one attached hydrogen (secondary N) is 2. The Kier molecular flexibility index (Phi) is 8.59. The molecule has 0 bridgehead atoms. The zero-order valence-corrected chi connectivity index (χ0v) is 24.3. The average Bonchev–Trinajstić information content (AvgIpc) is 3.54. The first-order valence-corrected chi connectivity index (χ1v) is 15.0. The van der Waals surface area contributed by atoms with E-state index in [4.69, 9.17) is 15.2 Å². The fraction of sp³-hybridized carbons (Fsp3) is 0.250. The number of fused-ring (bicyclic) bond motifs is 6. The van der Waals surface area contributed by atoms with Gasteiger partial charge in [0, 0.05) is 18.4 Å². The molecule has 0 aliphatic heterocycles. The minimum Gasteiger partial charge on any atom is -0.449 e. The number of alkyl carbamates (subject to hydrolysis) is 2. The minimum atomic E-state index is -0.875. The van der Waals surface area contributed by atoms with Gasteiger partial charge in [0.25, 0.3) is 0 Å². The number of rotatable bonds is 11. The molecule has 44 heavy (non-hydrogen) atoms. The maximum absolute atomic E-state index is 12.6. The first-order chi connectivity index (χ1) is 21.5. The fourth-order valence-electron chi connectivity index (χ4n) is 6.38. The zero-order chi connectivity index (χ0) is 30.5. The molecule has 8 heteroatoms. The van der Waals surface area contributed by atoms with Gasteiger partial charge in [-0.05, 0) is 63.8 Å². The van der Waals surface area contributed by atoms with Gasteiger partial charge in [0.1, 0.15) is 19.3 Å². The van der Waals surface area contributed by atoms with E-state index in [1.807, 2.05) is 60.7 Å². The van der Waals surface area contributed by atoms with E-state index in [1.165, 1.54) is 11.1 Å². The number of carbonyl (C=O) groups is 3. The van der Waals surface area contributed by atoms with Crippen molar-refractivity contribution in [1.29, 1.82) is 0 Å². The van der Waals surface area contributed by atoms with E-state index < -0.39 is 24.1 Å². The van der Waals surface area contributed by atoms with Crippen LogP contribution in [0.2, 0.25) is 0 Å². The minimum absolute atomic E-state index is 0.00605. The van der Waals surface area contributed by atoms with Crippen LogP contribution in [0.1, 0.15) is 53.4 Å². The van der Waals surface area contributed by atoms with Crippen molar-refractivity contribution < 1.29 is 23.9 Å². The number of benzene rings is 4. The smallest absolute Gasteiger partial charge is 0.407 e. The van der Waals surface area contributed by atoms with E-state index in [-0.39, 0.29) is 25.0 Å². The highest BCUT2D eigenvalue weighted by Crippen LogP contribution is 2.45. The summed E-state index contributed by atoms with van der Waals surface area (Å²) in [5.41, 5.74) is 14.7. The van der Waals surface area contributed by atoms with Crippen molar-refractivity contribution in [3.63, 3.8) is 0 Å². The molecule has 4 aromatic carbocycles. The highest BCUT2D eigenvalue weighted by Gasteiger charge is 2.30. The summed E-state index contributed by atoms with van der Waals surface area (Å²) in [6.07, 6.45) is 0.287. The second-order valence-electron chi connectivity index (χ2n) is 11.2. The molecular formula is C36H35N3O5. The Bertz CT molecular complexity index is 1590. The largest absolute Gasteiger partial charge is 0.449 e. The molecule has 4 N–H and O–H groups in total. The summed E-state index contributed by atoms with van der Waals surface area (Å²) in [6, 6.07) is 31.7. The van der Waals surface area contributed by atoms with Crippen LogP contribution in [-0.4, -0.2) is 43.9 Å². The zero-order valence-electron chi connectivity index (χ0n) is 24.3. The molecule has 0 heterocycles. The maximum atomic E-state index is 12.6. The Hall–Kier alpha value is -5.11. The van der Waals surface area contributed by atoms with Gasteiger partial charge in [-0.15, -0.1) is 0 Å². The Morgan fingerprint density at radius 1 is 0.614 bits per heavy atom. The third-order valence-electron chi connectivity index (χ3n) is 8.51. The van der Waals surface area contributed by atoms with Crippen molar-refractivity contribution in [1.82, 2.24) is 10.6 Å². The van der Waals surface area contributed by atoms with Crippen LogP contribution in [0.15, 0.2) is 97.1 Å². The van der Waals surface area contributed by atoms with Gasteiger partial charge in [0.05, 0.1) is 0 Å². The van der Waals surface area contributed by atoms with E-state index in [0.29, 0.717) is 25.8 Å². The van der Waals surface area contributed by atoms with E-state index >= 15 is 0 Å². The van der Waals surface area contributed by atoms with Crippen molar-refractivity contribution >= 4 is 18.1 Å². The van der Waals surface area contributed by atoms with E-state index in [9.17, 15) is 14.4 Å². The van der Waals surface area contributed by atoms with E-state index in [0.717, 1.165) is 33.4 Å². The first-order valence-electron chi connectivity index (χ1n) is 15.0. The summed E-state index contributed by atoms with van der Waals surface area (Å²) >= 11 is 0. The summed E-state index contributed by atoms with van der Waals surface area (Å²) in [6.45, 7) is 0.760. The predicted molar refractivity (Wildman–Crippen MR) is 168 cm³/mol. The van der Waals surface area contributed by atoms with Crippen LogP contribution < -0.4 is 16.4 Å².